The molecular formula is C40H54N6O14. The number of carboxylic acid groups (broad SMARTS) is 2. The van der Waals surface area contributed by atoms with Crippen LogP contribution in [0.1, 0.15) is 101 Å². The van der Waals surface area contributed by atoms with Gasteiger partial charge in [0.2, 0.25) is 23.4 Å². The van der Waals surface area contributed by atoms with E-state index >= 15 is 0 Å². The molecule has 3 rings (SSSR count). The van der Waals surface area contributed by atoms with Gasteiger partial charge < -0.3 is 51.2 Å². The minimum absolute atomic E-state index is 0.0521. The monoisotopic (exact) mass is 842 g/mol. The van der Waals surface area contributed by atoms with Crippen LogP contribution in [0.2, 0.25) is 0 Å². The number of anilines is 2. The number of phenols is 2. The zero-order chi connectivity index (χ0) is 45.6. The van der Waals surface area contributed by atoms with Gasteiger partial charge in [0.1, 0.15) is 46.9 Å². The molecule has 4 amide bonds. The number of amides is 4. The van der Waals surface area contributed by atoms with Crippen molar-refractivity contribution in [2.45, 2.75) is 105 Å². The fraction of sp³-hybridized carbons (Fsp3) is 0.500. The van der Waals surface area contributed by atoms with Gasteiger partial charge in [-0.1, -0.05) is 0 Å². The average molecular weight is 843 g/mol. The predicted molar refractivity (Wildman–Crippen MR) is 215 cm³/mol. The summed E-state index contributed by atoms with van der Waals surface area (Å²) in [7, 11) is 0. The predicted octanol–water partition coefficient (Wildman–Crippen LogP) is 3.13. The number of ketones is 2. The van der Waals surface area contributed by atoms with Crippen molar-refractivity contribution in [2.24, 2.45) is 0 Å². The van der Waals surface area contributed by atoms with Crippen molar-refractivity contribution >= 4 is 58.9 Å². The van der Waals surface area contributed by atoms with Crippen LogP contribution in [0.15, 0.2) is 24.3 Å². The van der Waals surface area contributed by atoms with Crippen LogP contribution in [0.5, 0.6) is 11.5 Å². The molecule has 0 aliphatic heterocycles. The molecule has 1 aliphatic rings. The highest BCUT2D eigenvalue weighted by Gasteiger charge is 2.39. The van der Waals surface area contributed by atoms with Crippen LogP contribution in [-0.2, 0) is 28.7 Å². The van der Waals surface area contributed by atoms with E-state index in [1.54, 1.807) is 41.5 Å². The van der Waals surface area contributed by atoms with Crippen molar-refractivity contribution in [2.75, 3.05) is 36.8 Å². The minimum Gasteiger partial charge on any atom is -0.507 e. The van der Waals surface area contributed by atoms with Gasteiger partial charge >= 0.3 is 24.1 Å². The molecule has 8 N–H and O–H groups in total. The van der Waals surface area contributed by atoms with Gasteiger partial charge in [-0.05, 0) is 93.5 Å². The quantitative estimate of drug-likeness (QED) is 0.0961. The molecule has 2 aromatic rings. The molecule has 328 valence electrons. The zero-order valence-electron chi connectivity index (χ0n) is 35.2. The second-order valence-corrected chi connectivity index (χ2v) is 16.1. The maximum atomic E-state index is 14.2. The van der Waals surface area contributed by atoms with Crippen LogP contribution in [-0.4, -0.2) is 139 Å². The topological polar surface area (TPSA) is 291 Å². The number of phenolic OH excluding ortho intramolecular Hbond substituents is 2. The van der Waals surface area contributed by atoms with Crippen LogP contribution in [0.4, 0.5) is 21.0 Å². The fourth-order valence-electron chi connectivity index (χ4n) is 5.88. The number of nitrogens with zero attached hydrogens (tertiary/aromatic N) is 2. The molecule has 0 heterocycles. The highest BCUT2D eigenvalue weighted by atomic mass is 16.6. The van der Waals surface area contributed by atoms with Crippen molar-refractivity contribution in [1.29, 1.82) is 0 Å². The summed E-state index contributed by atoms with van der Waals surface area (Å²) in [5.41, 5.74) is -3.25. The normalized spacial score (nSPS) is 14.2. The number of carboxylic acids is 2. The Morgan fingerprint density at radius 3 is 1.18 bits per heavy atom. The first-order valence-corrected chi connectivity index (χ1v) is 19.0. The highest BCUT2D eigenvalue weighted by molar-refractivity contribution is 6.33. The Balaban J connectivity index is 2.02. The number of rotatable bonds is 16. The van der Waals surface area contributed by atoms with Gasteiger partial charge in [0.25, 0.3) is 0 Å². The molecular weight excluding hydrogens is 788 g/mol. The first-order chi connectivity index (χ1) is 27.7. The molecule has 0 saturated heterocycles. The number of carbonyl (C=O) groups excluding carboxylic acids is 6. The Labute approximate surface area is 346 Å². The number of hydrogen-bond acceptors (Lipinski definition) is 14. The summed E-state index contributed by atoms with van der Waals surface area (Å²) in [5, 5.41) is 50.6. The van der Waals surface area contributed by atoms with Gasteiger partial charge in [0, 0.05) is 37.6 Å². The number of ether oxygens (including phenoxy) is 2. The van der Waals surface area contributed by atoms with E-state index in [-0.39, 0.29) is 48.7 Å². The van der Waals surface area contributed by atoms with Crippen LogP contribution in [0, 0.1) is 0 Å². The highest BCUT2D eigenvalue weighted by Crippen LogP contribution is 2.42. The van der Waals surface area contributed by atoms with Gasteiger partial charge in [-0.15, -0.1) is 0 Å². The molecule has 0 aromatic heterocycles. The Hall–Kier alpha value is -6.60. The van der Waals surface area contributed by atoms with E-state index in [4.69, 9.17) is 9.47 Å². The molecule has 0 bridgehead atoms. The number of carbonyl (C=O) groups is 8. The second kappa shape index (κ2) is 19.0. The van der Waals surface area contributed by atoms with Crippen molar-refractivity contribution in [3.8, 4) is 11.5 Å². The fourth-order valence-corrected chi connectivity index (χ4v) is 5.88. The lowest BCUT2D eigenvalue weighted by atomic mass is 9.81. The molecule has 60 heavy (non-hydrogen) atoms. The molecule has 20 nitrogen and oxygen atoms in total. The maximum Gasteiger partial charge on any atom is 0.411 e. The zero-order valence-corrected chi connectivity index (χ0v) is 35.2. The lowest BCUT2D eigenvalue weighted by Gasteiger charge is -2.32. The summed E-state index contributed by atoms with van der Waals surface area (Å²) in [6.07, 6.45) is -1.80. The van der Waals surface area contributed by atoms with E-state index in [1.165, 1.54) is 39.8 Å². The maximum absolute atomic E-state index is 14.2. The van der Waals surface area contributed by atoms with E-state index in [0.29, 0.717) is 0 Å². The van der Waals surface area contributed by atoms with Gasteiger partial charge in [-0.2, -0.15) is 0 Å². The molecule has 0 fully saturated rings. The number of aliphatic carboxylic acids is 2. The van der Waals surface area contributed by atoms with E-state index in [2.05, 4.69) is 21.3 Å². The van der Waals surface area contributed by atoms with E-state index in [0.717, 1.165) is 21.9 Å². The second-order valence-electron chi connectivity index (χ2n) is 16.1. The third kappa shape index (κ3) is 11.8. The minimum atomic E-state index is -1.30. The smallest absolute Gasteiger partial charge is 0.411 e. The number of nitrogens with one attached hydrogen (secondary N) is 4. The standard InChI is InChI=1S/C40H54N6O14/c1-19(35(53)54)43-33(51)21(3)45(37(57)59-39(5,6)7)17-15-41-23-11-12-24(28-27(23)31(49)29-25(47)13-14-26(48)30(29)32(28)50)42-16-18-46(38(58)60-40(8,9)10)22(4)34(52)44-20(2)36(55)56/h11-14,19-22,41-42,47-48H,15-18H2,1-10H3,(H,43,51)(H,44,52)(H,53,54)(H,55,56)/t19-,20-,21-,22-/m0/s1. The molecule has 2 aromatic carbocycles. The molecule has 1 aliphatic carbocycles. The van der Waals surface area contributed by atoms with Crippen LogP contribution < -0.4 is 21.3 Å². The van der Waals surface area contributed by atoms with Crippen LogP contribution >= 0.6 is 0 Å². The average Bonchev–Trinajstić information content (AvgIpc) is 3.12. The van der Waals surface area contributed by atoms with Crippen molar-refractivity contribution in [3.63, 3.8) is 0 Å². The largest absolute Gasteiger partial charge is 0.507 e. The third-order valence-electron chi connectivity index (χ3n) is 9.02. The summed E-state index contributed by atoms with van der Waals surface area (Å²) < 4.78 is 11.0. The van der Waals surface area contributed by atoms with Gasteiger partial charge in [-0.3, -0.25) is 38.6 Å². The first kappa shape index (κ1) is 47.8. The number of hydrogen-bond donors (Lipinski definition) is 8. The summed E-state index contributed by atoms with van der Waals surface area (Å²) in [4.78, 5) is 106. The third-order valence-corrected chi connectivity index (χ3v) is 9.02. The van der Waals surface area contributed by atoms with E-state index in [9.17, 15) is 58.8 Å². The summed E-state index contributed by atoms with van der Waals surface area (Å²) >= 11 is 0. The Morgan fingerprint density at radius 2 is 0.900 bits per heavy atom. The molecule has 0 saturated carbocycles. The van der Waals surface area contributed by atoms with Crippen molar-refractivity contribution in [3.05, 3.63) is 46.5 Å². The summed E-state index contributed by atoms with van der Waals surface area (Å²) in [6, 6.07) is -0.0396. The number of aromatic hydroxyl groups is 2. The number of benzene rings is 2. The molecule has 0 spiro atoms. The Bertz CT molecular complexity index is 1900. The van der Waals surface area contributed by atoms with Crippen molar-refractivity contribution < 1.29 is 68.3 Å². The SMILES string of the molecule is C[C@H](NC(=O)[C@H](C)N(CCNc1ccc(NCCN(C(=O)OC(C)(C)C)[C@@H](C)C(=O)N[C@@H](C)C(=O)O)c2c1C(=O)c1c(O)ccc(O)c1C2=O)C(=O)OC(C)(C)C)C(=O)O. The van der Waals surface area contributed by atoms with Gasteiger partial charge in [-0.25, -0.2) is 9.59 Å². The molecule has 0 radical (unpaired) electrons. The lowest BCUT2D eigenvalue weighted by molar-refractivity contribution is -0.142. The Kier molecular flexibility index (Phi) is 15.1. The summed E-state index contributed by atoms with van der Waals surface area (Å²) in [6.45, 7) is 14.2. The molecule has 0 unspecified atom stereocenters. The first-order valence-electron chi connectivity index (χ1n) is 19.0. The molecule has 20 heteroatoms. The molecule has 4 atom stereocenters. The van der Waals surface area contributed by atoms with Gasteiger partial charge in [0.15, 0.2) is 0 Å². The Morgan fingerprint density at radius 1 is 0.583 bits per heavy atom. The van der Waals surface area contributed by atoms with Gasteiger partial charge in [0.05, 0.1) is 22.3 Å². The van der Waals surface area contributed by atoms with E-state index in [1.807, 2.05) is 0 Å². The van der Waals surface area contributed by atoms with Crippen molar-refractivity contribution in [1.82, 2.24) is 20.4 Å². The van der Waals surface area contributed by atoms with Crippen LogP contribution in [0.3, 0.4) is 0 Å². The number of fused-ring (bicyclic) bond motifs is 2. The van der Waals surface area contributed by atoms with Crippen LogP contribution in [0.25, 0.3) is 0 Å². The lowest BCUT2D eigenvalue weighted by Crippen LogP contribution is -2.53. The van der Waals surface area contributed by atoms with E-state index < -0.39 is 106 Å². The summed E-state index contributed by atoms with van der Waals surface area (Å²) in [5.74, 6) is -7.04.